The first-order valence-corrected chi connectivity index (χ1v) is 3.92. The number of carboxylic acids is 3. The Morgan fingerprint density at radius 2 is 1.24 bits per heavy atom. The van der Waals surface area contributed by atoms with Crippen LogP contribution >= 0.6 is 0 Å². The highest BCUT2D eigenvalue weighted by Gasteiger charge is 2.24. The highest BCUT2D eigenvalue weighted by Crippen LogP contribution is 2.26. The summed E-state index contributed by atoms with van der Waals surface area (Å²) in [4.78, 5) is 31.9. The molecule has 0 radical (unpaired) electrons. The molecule has 1 rings (SSSR count). The van der Waals surface area contributed by atoms with E-state index in [-0.39, 0.29) is 23.1 Å². The molecule has 0 amide bonds. The van der Waals surface area contributed by atoms with Crippen molar-refractivity contribution in [3.05, 3.63) is 28.8 Å². The van der Waals surface area contributed by atoms with Crippen LogP contribution in [0.15, 0.2) is 12.1 Å². The van der Waals surface area contributed by atoms with E-state index in [4.69, 9.17) is 15.3 Å². The third kappa shape index (κ3) is 2.86. The number of phenols is 1. The van der Waals surface area contributed by atoms with Gasteiger partial charge in [0.15, 0.2) is 0 Å². The maximum Gasteiger partial charge on any atom is 0.340 e. The van der Waals surface area contributed by atoms with Gasteiger partial charge in [-0.05, 0) is 12.1 Å². The third-order valence-electron chi connectivity index (χ3n) is 1.85. The van der Waals surface area contributed by atoms with Gasteiger partial charge in [-0.3, -0.25) is 0 Å². The fraction of sp³-hybridized carbons (Fsp3) is 0. The summed E-state index contributed by atoms with van der Waals surface area (Å²) in [5.41, 5.74) is -2.27. The van der Waals surface area contributed by atoms with Crippen LogP contribution < -0.4 is 0 Å². The normalized spacial score (nSPS) is 9.18. The zero-order valence-electron chi connectivity index (χ0n) is 7.67. The van der Waals surface area contributed by atoms with Crippen LogP contribution in [0.4, 0.5) is 0 Å². The van der Waals surface area contributed by atoms with Gasteiger partial charge in [-0.25, -0.2) is 14.4 Å². The molecule has 0 aromatic heterocycles. The highest BCUT2D eigenvalue weighted by atomic mass is 24.3. The Bertz CT molecular complexity index is 494. The van der Waals surface area contributed by atoms with E-state index in [1.165, 1.54) is 0 Å². The molecule has 0 aliphatic heterocycles. The number of hydrogen-bond donors (Lipinski definition) is 4. The summed E-state index contributed by atoms with van der Waals surface area (Å²) >= 11 is 0. The highest BCUT2D eigenvalue weighted by molar-refractivity contribution is 6.06. The molecule has 7 nitrogen and oxygen atoms in total. The molecule has 8 heteroatoms. The second-order valence-electron chi connectivity index (χ2n) is 2.80. The van der Waals surface area contributed by atoms with E-state index in [0.29, 0.717) is 0 Å². The monoisotopic (exact) mass is 252 g/mol. The van der Waals surface area contributed by atoms with Crippen LogP contribution in [0.2, 0.25) is 0 Å². The molecule has 0 aliphatic rings. The van der Waals surface area contributed by atoms with Crippen LogP contribution in [0.25, 0.3) is 0 Å². The summed E-state index contributed by atoms with van der Waals surface area (Å²) in [6.45, 7) is 0. The summed E-state index contributed by atoms with van der Waals surface area (Å²) in [5, 5.41) is 35.3. The zero-order chi connectivity index (χ0) is 12.5. The van der Waals surface area contributed by atoms with E-state index in [1.54, 1.807) is 0 Å². The molecule has 88 valence electrons. The lowest BCUT2D eigenvalue weighted by molar-refractivity contribution is 0.0645. The quantitative estimate of drug-likeness (QED) is 0.537. The predicted octanol–water partition coefficient (Wildman–Crippen LogP) is -0.429. The van der Waals surface area contributed by atoms with Crippen molar-refractivity contribution in [1.29, 1.82) is 0 Å². The summed E-state index contributed by atoms with van der Waals surface area (Å²) in [5.74, 6) is -5.89. The average Bonchev–Trinajstić information content (AvgIpc) is 2.15. The van der Waals surface area contributed by atoms with Crippen molar-refractivity contribution in [3.63, 3.8) is 0 Å². The van der Waals surface area contributed by atoms with Gasteiger partial charge in [0.2, 0.25) is 0 Å². The molecule has 0 spiro atoms. The summed E-state index contributed by atoms with van der Waals surface area (Å²) in [6.07, 6.45) is 0. The van der Waals surface area contributed by atoms with Crippen molar-refractivity contribution < 1.29 is 34.8 Å². The van der Waals surface area contributed by atoms with Crippen LogP contribution in [-0.2, 0) is 0 Å². The lowest BCUT2D eigenvalue weighted by atomic mass is 10.0. The van der Waals surface area contributed by atoms with Gasteiger partial charge >= 0.3 is 41.0 Å². The molecular formula is C9H8MgO7. The van der Waals surface area contributed by atoms with Crippen molar-refractivity contribution in [3.8, 4) is 5.75 Å². The second kappa shape index (κ2) is 5.50. The smallest absolute Gasteiger partial charge is 0.340 e. The van der Waals surface area contributed by atoms with E-state index < -0.39 is 40.3 Å². The van der Waals surface area contributed by atoms with Crippen molar-refractivity contribution >= 4 is 41.0 Å². The maximum absolute atomic E-state index is 10.7. The van der Waals surface area contributed by atoms with Gasteiger partial charge < -0.3 is 20.4 Å². The first-order chi connectivity index (χ1) is 7.36. The van der Waals surface area contributed by atoms with Crippen LogP contribution in [0.3, 0.4) is 0 Å². The van der Waals surface area contributed by atoms with Crippen LogP contribution in [-0.4, -0.2) is 61.4 Å². The van der Waals surface area contributed by atoms with Gasteiger partial charge in [0, 0.05) is 0 Å². The van der Waals surface area contributed by atoms with Gasteiger partial charge in [0.1, 0.15) is 16.9 Å². The lowest BCUT2D eigenvalue weighted by Gasteiger charge is -2.06. The minimum atomic E-state index is -1.71. The fourth-order valence-corrected chi connectivity index (χ4v) is 1.16. The van der Waals surface area contributed by atoms with Crippen molar-refractivity contribution in [2.45, 2.75) is 0 Å². The van der Waals surface area contributed by atoms with E-state index in [2.05, 4.69) is 0 Å². The largest absolute Gasteiger partial charge is 0.506 e. The molecular weight excluding hydrogens is 244 g/mol. The molecule has 0 heterocycles. The Morgan fingerprint density at radius 3 is 1.59 bits per heavy atom. The van der Waals surface area contributed by atoms with Crippen LogP contribution in [0.5, 0.6) is 5.75 Å². The van der Waals surface area contributed by atoms with Crippen molar-refractivity contribution in [2.75, 3.05) is 0 Å². The third-order valence-corrected chi connectivity index (χ3v) is 1.85. The molecule has 0 unspecified atom stereocenters. The molecule has 17 heavy (non-hydrogen) atoms. The Morgan fingerprint density at radius 1 is 0.824 bits per heavy atom. The lowest BCUT2D eigenvalue weighted by Crippen LogP contribution is -2.11. The molecule has 0 saturated heterocycles. The number of rotatable bonds is 3. The van der Waals surface area contributed by atoms with E-state index >= 15 is 0 Å². The summed E-state index contributed by atoms with van der Waals surface area (Å²) < 4.78 is 0. The Kier molecular flexibility index (Phi) is 4.92. The molecule has 4 N–H and O–H groups in total. The number of hydrogen-bond acceptors (Lipinski definition) is 4. The molecule has 1 aromatic carbocycles. The number of benzene rings is 1. The minimum absolute atomic E-state index is 0. The first kappa shape index (κ1) is 15.2. The van der Waals surface area contributed by atoms with Gasteiger partial charge in [-0.15, -0.1) is 0 Å². The number of carboxylic acid groups (broad SMARTS) is 3. The van der Waals surface area contributed by atoms with Gasteiger partial charge in [0.05, 0.1) is 5.56 Å². The summed E-state index contributed by atoms with van der Waals surface area (Å²) in [7, 11) is 0. The van der Waals surface area contributed by atoms with Gasteiger partial charge in [0.25, 0.3) is 0 Å². The van der Waals surface area contributed by atoms with Crippen LogP contribution in [0, 0.1) is 0 Å². The maximum atomic E-state index is 10.7. The van der Waals surface area contributed by atoms with Gasteiger partial charge in [-0.2, -0.15) is 0 Å². The number of aromatic hydroxyl groups is 1. The minimum Gasteiger partial charge on any atom is -0.506 e. The fourth-order valence-electron chi connectivity index (χ4n) is 1.16. The SMILES string of the molecule is O=C(O)c1ccc(C(=O)O)c(C(=O)O)c1O.[MgH2]. The van der Waals surface area contributed by atoms with Gasteiger partial charge in [-0.1, -0.05) is 0 Å². The van der Waals surface area contributed by atoms with Crippen molar-refractivity contribution in [1.82, 2.24) is 0 Å². The van der Waals surface area contributed by atoms with E-state index in [1.807, 2.05) is 0 Å². The molecule has 0 aliphatic carbocycles. The molecule has 0 fully saturated rings. The zero-order valence-corrected chi connectivity index (χ0v) is 7.67. The number of aromatic carboxylic acids is 3. The molecule has 0 bridgehead atoms. The van der Waals surface area contributed by atoms with Crippen molar-refractivity contribution in [2.24, 2.45) is 0 Å². The Balaban J connectivity index is 0.00000256. The molecule has 1 aromatic rings. The second-order valence-corrected chi connectivity index (χ2v) is 2.80. The Hall–Kier alpha value is -1.80. The predicted molar refractivity (Wildman–Crippen MR) is 57.5 cm³/mol. The Labute approximate surface area is 110 Å². The molecule has 0 saturated carbocycles. The standard InChI is InChI=1S/C9H6O7.Mg.2H/c10-6-4(8(13)14)2-1-3(7(11)12)5(6)9(15)16;;;/h1-2,10H,(H,11,12)(H,13,14)(H,15,16);;;. The average molecular weight is 252 g/mol. The summed E-state index contributed by atoms with van der Waals surface area (Å²) in [6, 6.07) is 1.64. The first-order valence-electron chi connectivity index (χ1n) is 3.92. The van der Waals surface area contributed by atoms with E-state index in [9.17, 15) is 19.5 Å². The number of carbonyl (C=O) groups is 3. The topological polar surface area (TPSA) is 132 Å². The van der Waals surface area contributed by atoms with Crippen LogP contribution in [0.1, 0.15) is 31.1 Å². The van der Waals surface area contributed by atoms with E-state index in [0.717, 1.165) is 12.1 Å². The molecule has 0 atom stereocenters.